The van der Waals surface area contributed by atoms with Gasteiger partial charge in [-0.05, 0) is 0 Å². The highest BCUT2D eigenvalue weighted by Crippen LogP contribution is 2.17. The summed E-state index contributed by atoms with van der Waals surface area (Å²) in [6, 6.07) is 1.86. The third-order valence-electron chi connectivity index (χ3n) is 2.08. The maximum absolute atomic E-state index is 5.45. The molecular weight excluding hydrogens is 180 g/mol. The molecule has 0 spiro atoms. The van der Waals surface area contributed by atoms with Gasteiger partial charge in [0.1, 0.15) is 5.82 Å². The Bertz CT molecular complexity index is 425. The maximum atomic E-state index is 5.45. The first-order valence-electron chi connectivity index (χ1n) is 4.43. The van der Waals surface area contributed by atoms with Gasteiger partial charge in [0.25, 0.3) is 0 Å². The van der Waals surface area contributed by atoms with Gasteiger partial charge in [0.05, 0.1) is 11.6 Å². The van der Waals surface area contributed by atoms with Crippen molar-refractivity contribution in [3.63, 3.8) is 0 Å². The molecule has 0 fully saturated rings. The Morgan fingerprint density at radius 3 is 3.14 bits per heavy atom. The molecule has 5 heteroatoms. The molecule has 0 aliphatic rings. The number of fused-ring (bicyclic) bond motifs is 1. The van der Waals surface area contributed by atoms with E-state index in [2.05, 4.69) is 10.1 Å². The smallest absolute Gasteiger partial charge is 0.172 e. The van der Waals surface area contributed by atoms with Crippen molar-refractivity contribution in [1.29, 1.82) is 0 Å². The standard InChI is InChI=1S/C9H12N4O/c1-13(3-2-10)9-4-8-7(5-11-9)6-12-14-8/h4-6H,2-3,10H2,1H3. The van der Waals surface area contributed by atoms with E-state index in [0.717, 1.165) is 23.3 Å². The van der Waals surface area contributed by atoms with Gasteiger partial charge in [-0.3, -0.25) is 0 Å². The molecule has 0 aliphatic carbocycles. The predicted molar refractivity (Wildman–Crippen MR) is 54.1 cm³/mol. The van der Waals surface area contributed by atoms with Crippen molar-refractivity contribution in [2.24, 2.45) is 5.73 Å². The molecular formula is C9H12N4O. The number of nitrogens with zero attached hydrogens (tertiary/aromatic N) is 3. The van der Waals surface area contributed by atoms with Gasteiger partial charge in [-0.1, -0.05) is 5.16 Å². The average Bonchev–Trinajstić information content (AvgIpc) is 2.64. The van der Waals surface area contributed by atoms with Crippen LogP contribution in [0, 0.1) is 0 Å². The van der Waals surface area contributed by atoms with Gasteiger partial charge >= 0.3 is 0 Å². The van der Waals surface area contributed by atoms with Crippen LogP contribution in [0.4, 0.5) is 5.82 Å². The summed E-state index contributed by atoms with van der Waals surface area (Å²) in [6.07, 6.45) is 3.39. The van der Waals surface area contributed by atoms with E-state index >= 15 is 0 Å². The first-order chi connectivity index (χ1) is 6.81. The molecule has 2 aromatic heterocycles. The second-order valence-corrected chi connectivity index (χ2v) is 3.12. The van der Waals surface area contributed by atoms with Gasteiger partial charge in [-0.2, -0.15) is 0 Å². The molecule has 5 nitrogen and oxygen atoms in total. The first-order valence-corrected chi connectivity index (χ1v) is 4.43. The fourth-order valence-corrected chi connectivity index (χ4v) is 1.27. The molecule has 0 unspecified atom stereocenters. The molecule has 0 amide bonds. The van der Waals surface area contributed by atoms with E-state index in [1.54, 1.807) is 12.4 Å². The summed E-state index contributed by atoms with van der Waals surface area (Å²) in [5.74, 6) is 0.847. The van der Waals surface area contributed by atoms with Crippen LogP contribution >= 0.6 is 0 Å². The van der Waals surface area contributed by atoms with Gasteiger partial charge in [-0.25, -0.2) is 4.98 Å². The Kier molecular flexibility index (Phi) is 2.32. The maximum Gasteiger partial charge on any atom is 0.172 e. The topological polar surface area (TPSA) is 68.2 Å². The number of nitrogens with two attached hydrogens (primary N) is 1. The van der Waals surface area contributed by atoms with Gasteiger partial charge in [0.15, 0.2) is 5.58 Å². The number of likely N-dealkylation sites (N-methyl/N-ethyl adjacent to an activating group) is 1. The summed E-state index contributed by atoms with van der Waals surface area (Å²) in [7, 11) is 1.94. The van der Waals surface area contributed by atoms with E-state index < -0.39 is 0 Å². The predicted octanol–water partition coefficient (Wildman–Crippen LogP) is 0.618. The van der Waals surface area contributed by atoms with E-state index in [1.165, 1.54) is 0 Å². The SMILES string of the molecule is CN(CCN)c1cc2oncc2cn1. The molecule has 2 heterocycles. The number of aromatic nitrogens is 2. The van der Waals surface area contributed by atoms with Crippen LogP contribution in [0.3, 0.4) is 0 Å². The third-order valence-corrected chi connectivity index (χ3v) is 2.08. The Hall–Kier alpha value is -1.62. The summed E-state index contributed by atoms with van der Waals surface area (Å²) < 4.78 is 5.04. The lowest BCUT2D eigenvalue weighted by atomic mass is 10.3. The minimum Gasteiger partial charge on any atom is -0.358 e. The number of pyridine rings is 1. The normalized spacial score (nSPS) is 10.7. The zero-order valence-corrected chi connectivity index (χ0v) is 7.97. The van der Waals surface area contributed by atoms with Crippen molar-refractivity contribution in [1.82, 2.24) is 10.1 Å². The molecule has 2 N–H and O–H groups in total. The van der Waals surface area contributed by atoms with Crippen LogP contribution < -0.4 is 10.6 Å². The lowest BCUT2D eigenvalue weighted by molar-refractivity contribution is 0.456. The molecule has 0 atom stereocenters. The number of hydrogen-bond donors (Lipinski definition) is 1. The summed E-state index contributed by atoms with van der Waals surface area (Å²) in [5, 5.41) is 4.60. The highest BCUT2D eigenvalue weighted by atomic mass is 16.5. The molecule has 2 rings (SSSR count). The van der Waals surface area contributed by atoms with E-state index in [-0.39, 0.29) is 0 Å². The Morgan fingerprint density at radius 2 is 2.36 bits per heavy atom. The molecule has 0 aliphatic heterocycles. The van der Waals surface area contributed by atoms with Gasteiger partial charge < -0.3 is 15.2 Å². The zero-order valence-electron chi connectivity index (χ0n) is 7.97. The highest BCUT2D eigenvalue weighted by molar-refractivity contribution is 5.77. The van der Waals surface area contributed by atoms with Crippen LogP contribution in [-0.2, 0) is 0 Å². The van der Waals surface area contributed by atoms with Crippen molar-refractivity contribution in [3.8, 4) is 0 Å². The molecule has 74 valence electrons. The van der Waals surface area contributed by atoms with Crippen LogP contribution in [0.1, 0.15) is 0 Å². The lowest BCUT2D eigenvalue weighted by Gasteiger charge is -2.15. The molecule has 0 saturated heterocycles. The molecule has 0 radical (unpaired) electrons. The fourth-order valence-electron chi connectivity index (χ4n) is 1.27. The second-order valence-electron chi connectivity index (χ2n) is 3.12. The Morgan fingerprint density at radius 1 is 1.50 bits per heavy atom. The first kappa shape index (κ1) is 8.96. The van der Waals surface area contributed by atoms with E-state index in [0.29, 0.717) is 6.54 Å². The minimum absolute atomic E-state index is 0.604. The minimum atomic E-state index is 0.604. The number of rotatable bonds is 3. The molecule has 0 saturated carbocycles. The molecule has 0 aromatic carbocycles. The Labute approximate surface area is 81.5 Å². The van der Waals surface area contributed by atoms with Crippen LogP contribution in [0.5, 0.6) is 0 Å². The number of hydrogen-bond acceptors (Lipinski definition) is 5. The van der Waals surface area contributed by atoms with Crippen LogP contribution in [0.25, 0.3) is 11.0 Å². The summed E-state index contributed by atoms with van der Waals surface area (Å²) in [4.78, 5) is 6.24. The van der Waals surface area contributed by atoms with Gasteiger partial charge in [0.2, 0.25) is 0 Å². The van der Waals surface area contributed by atoms with Crippen LogP contribution in [0.2, 0.25) is 0 Å². The largest absolute Gasteiger partial charge is 0.358 e. The van der Waals surface area contributed by atoms with Crippen molar-refractivity contribution >= 4 is 16.8 Å². The summed E-state index contributed by atoms with van der Waals surface area (Å²) in [5.41, 5.74) is 6.20. The van der Waals surface area contributed by atoms with E-state index in [4.69, 9.17) is 10.3 Å². The summed E-state index contributed by atoms with van der Waals surface area (Å²) in [6.45, 7) is 1.37. The molecule has 0 bridgehead atoms. The average molecular weight is 192 g/mol. The summed E-state index contributed by atoms with van der Waals surface area (Å²) >= 11 is 0. The van der Waals surface area contributed by atoms with Crippen molar-refractivity contribution < 1.29 is 4.52 Å². The lowest BCUT2D eigenvalue weighted by Crippen LogP contribution is -2.25. The molecule has 14 heavy (non-hydrogen) atoms. The highest BCUT2D eigenvalue weighted by Gasteiger charge is 2.04. The second kappa shape index (κ2) is 3.63. The van der Waals surface area contributed by atoms with Crippen LogP contribution in [-0.4, -0.2) is 30.3 Å². The number of anilines is 1. The third kappa shape index (κ3) is 1.54. The van der Waals surface area contributed by atoms with E-state index in [1.807, 2.05) is 18.0 Å². The molecule has 2 aromatic rings. The van der Waals surface area contributed by atoms with Crippen molar-refractivity contribution in [2.75, 3.05) is 25.0 Å². The van der Waals surface area contributed by atoms with Crippen LogP contribution in [0.15, 0.2) is 23.0 Å². The van der Waals surface area contributed by atoms with Gasteiger partial charge in [-0.15, -0.1) is 0 Å². The quantitative estimate of drug-likeness (QED) is 0.772. The zero-order chi connectivity index (χ0) is 9.97. The Balaban J connectivity index is 2.33. The monoisotopic (exact) mass is 192 g/mol. The van der Waals surface area contributed by atoms with Gasteiger partial charge in [0, 0.05) is 32.4 Å². The fraction of sp³-hybridized carbons (Fsp3) is 0.333. The van der Waals surface area contributed by atoms with Crippen molar-refractivity contribution in [2.45, 2.75) is 0 Å². The van der Waals surface area contributed by atoms with Crippen molar-refractivity contribution in [3.05, 3.63) is 18.5 Å². The van der Waals surface area contributed by atoms with E-state index in [9.17, 15) is 0 Å².